The molecule has 1 atom stereocenters. The summed E-state index contributed by atoms with van der Waals surface area (Å²) in [5.74, 6) is 0.0565. The molecule has 0 aliphatic carbocycles. The van der Waals surface area contributed by atoms with Crippen molar-refractivity contribution in [2.45, 2.75) is 18.2 Å². The second kappa shape index (κ2) is 7.83. The Balaban J connectivity index is 1.75. The Labute approximate surface area is 157 Å². The van der Waals surface area contributed by atoms with Crippen LogP contribution in [0, 0.1) is 12.8 Å². The molecule has 0 radical (unpaired) electrons. The number of carbonyl (C=O) groups excluding carboxylic acids is 2. The Morgan fingerprint density at radius 1 is 1.27 bits per heavy atom. The van der Waals surface area contributed by atoms with Gasteiger partial charge < -0.3 is 15.0 Å². The van der Waals surface area contributed by atoms with E-state index < -0.39 is 0 Å². The van der Waals surface area contributed by atoms with Crippen LogP contribution in [0.4, 0.5) is 11.4 Å². The molecule has 2 amide bonds. The molecule has 0 aromatic heterocycles. The number of ether oxygens (including phenoxy) is 1. The van der Waals surface area contributed by atoms with Crippen LogP contribution in [0.3, 0.4) is 0 Å². The molecule has 1 fully saturated rings. The van der Waals surface area contributed by atoms with Gasteiger partial charge in [-0.2, -0.15) is 0 Å². The number of carbonyl (C=O) groups is 2. The minimum Gasteiger partial charge on any atom is -0.495 e. The maximum atomic E-state index is 12.6. The van der Waals surface area contributed by atoms with Gasteiger partial charge in [0.25, 0.3) is 0 Å². The lowest BCUT2D eigenvalue weighted by Crippen LogP contribution is -2.28. The van der Waals surface area contributed by atoms with E-state index in [4.69, 9.17) is 4.74 Å². The van der Waals surface area contributed by atoms with E-state index in [0.29, 0.717) is 12.3 Å². The monoisotopic (exact) mass is 370 g/mol. The highest BCUT2D eigenvalue weighted by molar-refractivity contribution is 7.98. The fraction of sp³-hybridized carbons (Fsp3) is 0.300. The summed E-state index contributed by atoms with van der Waals surface area (Å²) in [6.07, 6.45) is 2.19. The van der Waals surface area contributed by atoms with Gasteiger partial charge in [-0.25, -0.2) is 0 Å². The fourth-order valence-electron chi connectivity index (χ4n) is 3.07. The first kappa shape index (κ1) is 18.3. The van der Waals surface area contributed by atoms with Crippen molar-refractivity contribution in [3.63, 3.8) is 0 Å². The number of methoxy groups -OCH3 is 1. The van der Waals surface area contributed by atoms with Crippen molar-refractivity contribution >= 4 is 35.0 Å². The molecule has 1 N–H and O–H groups in total. The quantitative estimate of drug-likeness (QED) is 0.815. The summed E-state index contributed by atoms with van der Waals surface area (Å²) in [6, 6.07) is 13.4. The summed E-state index contributed by atoms with van der Waals surface area (Å²) in [5.41, 5.74) is 2.51. The van der Waals surface area contributed by atoms with Crippen LogP contribution in [0.2, 0.25) is 0 Å². The van der Waals surface area contributed by atoms with Gasteiger partial charge in [0.1, 0.15) is 5.75 Å². The van der Waals surface area contributed by atoms with Crippen molar-refractivity contribution in [2.75, 3.05) is 30.1 Å². The van der Waals surface area contributed by atoms with E-state index in [2.05, 4.69) is 5.32 Å². The van der Waals surface area contributed by atoms with Crippen molar-refractivity contribution < 1.29 is 14.3 Å². The van der Waals surface area contributed by atoms with Crippen molar-refractivity contribution in [3.05, 3.63) is 48.0 Å². The number of rotatable bonds is 5. The van der Waals surface area contributed by atoms with E-state index in [9.17, 15) is 9.59 Å². The number of thioether (sulfide) groups is 1. The number of nitrogens with one attached hydrogen (secondary N) is 1. The molecule has 0 bridgehead atoms. The van der Waals surface area contributed by atoms with Crippen LogP contribution in [-0.4, -0.2) is 31.7 Å². The normalized spacial score (nSPS) is 16.7. The minimum absolute atomic E-state index is 0.0630. The molecule has 136 valence electrons. The first-order chi connectivity index (χ1) is 12.5. The molecule has 26 heavy (non-hydrogen) atoms. The Kier molecular flexibility index (Phi) is 5.52. The van der Waals surface area contributed by atoms with Crippen LogP contribution in [0.1, 0.15) is 12.0 Å². The highest BCUT2D eigenvalue weighted by Gasteiger charge is 2.36. The standard InChI is InChI=1S/C20H22N2O3S/c1-13-7-8-18(25-2)17(9-13)22-12-14(10-19(22)23)20(24)21-15-5-4-6-16(11-15)26-3/h4-9,11,14H,10,12H2,1-3H3,(H,21,24). The van der Waals surface area contributed by atoms with Gasteiger partial charge in [0.2, 0.25) is 11.8 Å². The number of amides is 2. The average Bonchev–Trinajstić information content (AvgIpc) is 3.03. The van der Waals surface area contributed by atoms with Crippen molar-refractivity contribution in [1.29, 1.82) is 0 Å². The van der Waals surface area contributed by atoms with Crippen LogP contribution in [-0.2, 0) is 9.59 Å². The summed E-state index contributed by atoms with van der Waals surface area (Å²) in [6.45, 7) is 2.32. The Hall–Kier alpha value is -2.47. The van der Waals surface area contributed by atoms with Gasteiger partial charge in [-0.1, -0.05) is 12.1 Å². The Bertz CT molecular complexity index is 838. The van der Waals surface area contributed by atoms with E-state index in [1.165, 1.54) is 0 Å². The molecule has 1 aliphatic heterocycles. The van der Waals surface area contributed by atoms with Crippen LogP contribution in [0.5, 0.6) is 5.75 Å². The van der Waals surface area contributed by atoms with Crippen molar-refractivity contribution in [1.82, 2.24) is 0 Å². The number of hydrogen-bond donors (Lipinski definition) is 1. The fourth-order valence-corrected chi connectivity index (χ4v) is 3.53. The summed E-state index contributed by atoms with van der Waals surface area (Å²) < 4.78 is 5.38. The highest BCUT2D eigenvalue weighted by Crippen LogP contribution is 2.34. The molecule has 1 heterocycles. The number of hydrogen-bond acceptors (Lipinski definition) is 4. The molecule has 1 aliphatic rings. The molecular weight excluding hydrogens is 348 g/mol. The average molecular weight is 370 g/mol. The van der Waals surface area contributed by atoms with Crippen LogP contribution in [0.15, 0.2) is 47.4 Å². The lowest BCUT2D eigenvalue weighted by Gasteiger charge is -2.20. The van der Waals surface area contributed by atoms with E-state index in [-0.39, 0.29) is 24.2 Å². The smallest absolute Gasteiger partial charge is 0.229 e. The maximum absolute atomic E-state index is 12.6. The first-order valence-electron chi connectivity index (χ1n) is 8.41. The molecule has 2 aromatic rings. The van der Waals surface area contributed by atoms with E-state index in [0.717, 1.165) is 21.8 Å². The third-order valence-electron chi connectivity index (χ3n) is 4.46. The molecule has 3 rings (SSSR count). The molecule has 0 saturated carbocycles. The molecule has 2 aromatic carbocycles. The van der Waals surface area contributed by atoms with Gasteiger partial charge in [-0.05, 0) is 49.1 Å². The van der Waals surface area contributed by atoms with Crippen molar-refractivity contribution in [3.8, 4) is 5.75 Å². The van der Waals surface area contributed by atoms with E-state index in [1.54, 1.807) is 23.8 Å². The lowest BCUT2D eigenvalue weighted by atomic mass is 10.1. The number of anilines is 2. The van der Waals surface area contributed by atoms with Crippen LogP contribution in [0.25, 0.3) is 0 Å². The Morgan fingerprint density at radius 3 is 2.81 bits per heavy atom. The molecule has 0 spiro atoms. The third kappa shape index (κ3) is 3.85. The topological polar surface area (TPSA) is 58.6 Å². The van der Waals surface area contributed by atoms with Gasteiger partial charge in [0.05, 0.1) is 18.7 Å². The molecule has 5 nitrogen and oxygen atoms in total. The molecule has 1 saturated heterocycles. The van der Waals surface area contributed by atoms with Gasteiger partial charge in [0.15, 0.2) is 0 Å². The van der Waals surface area contributed by atoms with Crippen LogP contribution >= 0.6 is 11.8 Å². The SMILES string of the molecule is COc1ccc(C)cc1N1CC(C(=O)Nc2cccc(SC)c2)CC1=O. The Morgan fingerprint density at radius 2 is 2.08 bits per heavy atom. The number of benzene rings is 2. The van der Waals surface area contributed by atoms with Gasteiger partial charge in [-0.3, -0.25) is 9.59 Å². The summed E-state index contributed by atoms with van der Waals surface area (Å²) in [7, 11) is 1.58. The predicted molar refractivity (Wildman–Crippen MR) is 105 cm³/mol. The zero-order valence-electron chi connectivity index (χ0n) is 15.1. The highest BCUT2D eigenvalue weighted by atomic mass is 32.2. The zero-order valence-corrected chi connectivity index (χ0v) is 15.9. The number of aryl methyl sites for hydroxylation is 1. The summed E-state index contributed by atoms with van der Waals surface area (Å²) in [5, 5.41) is 2.93. The van der Waals surface area contributed by atoms with Crippen LogP contribution < -0.4 is 15.0 Å². The lowest BCUT2D eigenvalue weighted by molar-refractivity contribution is -0.122. The summed E-state index contributed by atoms with van der Waals surface area (Å²) >= 11 is 1.62. The predicted octanol–water partition coefficient (Wildman–Crippen LogP) is 3.72. The van der Waals surface area contributed by atoms with Gasteiger partial charge in [-0.15, -0.1) is 11.8 Å². The summed E-state index contributed by atoms with van der Waals surface area (Å²) in [4.78, 5) is 27.9. The second-order valence-corrected chi connectivity index (χ2v) is 7.18. The van der Waals surface area contributed by atoms with E-state index in [1.807, 2.05) is 55.6 Å². The third-order valence-corrected chi connectivity index (χ3v) is 5.18. The van der Waals surface area contributed by atoms with Gasteiger partial charge in [0, 0.05) is 23.5 Å². The number of nitrogens with zero attached hydrogens (tertiary/aromatic N) is 1. The van der Waals surface area contributed by atoms with E-state index >= 15 is 0 Å². The molecular formula is C20H22N2O3S. The second-order valence-electron chi connectivity index (χ2n) is 6.30. The molecule has 6 heteroatoms. The maximum Gasteiger partial charge on any atom is 0.229 e. The first-order valence-corrected chi connectivity index (χ1v) is 9.64. The van der Waals surface area contributed by atoms with Crippen molar-refractivity contribution in [2.24, 2.45) is 5.92 Å². The zero-order chi connectivity index (χ0) is 18.7. The molecule has 1 unspecified atom stereocenters. The largest absolute Gasteiger partial charge is 0.495 e. The van der Waals surface area contributed by atoms with Gasteiger partial charge >= 0.3 is 0 Å². The minimum atomic E-state index is -0.384.